The second-order valence-corrected chi connectivity index (χ2v) is 3.57. The van der Waals surface area contributed by atoms with Crippen molar-refractivity contribution in [1.82, 2.24) is 0 Å². The van der Waals surface area contributed by atoms with E-state index in [1.54, 1.807) is 0 Å². The van der Waals surface area contributed by atoms with Gasteiger partial charge in [0.2, 0.25) is 0 Å². The molecule has 0 saturated carbocycles. The van der Waals surface area contributed by atoms with Crippen LogP contribution in [0.4, 0.5) is 8.78 Å². The van der Waals surface area contributed by atoms with Crippen LogP contribution in [0.1, 0.15) is 24.9 Å². The summed E-state index contributed by atoms with van der Waals surface area (Å²) in [6.07, 6.45) is 0.453. The maximum atomic E-state index is 13.3. The van der Waals surface area contributed by atoms with Crippen molar-refractivity contribution in [3.05, 3.63) is 29.3 Å². The van der Waals surface area contributed by atoms with Gasteiger partial charge in [0.05, 0.1) is 6.10 Å². The smallest absolute Gasteiger partial charge is 0.134 e. The van der Waals surface area contributed by atoms with Gasteiger partial charge < -0.3 is 10.5 Å². The molecule has 2 N–H and O–H groups in total. The fourth-order valence-corrected chi connectivity index (χ4v) is 1.76. The standard InChI is InChI=1S/C10H11F2NO/c1-5-2-8(13)10-7(12)3-6(11)4-9(10)14-5/h3-5,8H,2,13H2,1H3. The summed E-state index contributed by atoms with van der Waals surface area (Å²) in [6, 6.07) is 1.60. The number of halogens is 2. The molecule has 2 unspecified atom stereocenters. The first-order valence-electron chi connectivity index (χ1n) is 4.49. The summed E-state index contributed by atoms with van der Waals surface area (Å²) in [5, 5.41) is 0. The Morgan fingerprint density at radius 3 is 2.86 bits per heavy atom. The molecule has 4 heteroatoms. The van der Waals surface area contributed by atoms with E-state index in [2.05, 4.69) is 0 Å². The maximum absolute atomic E-state index is 13.3. The van der Waals surface area contributed by atoms with Crippen LogP contribution in [0.25, 0.3) is 0 Å². The van der Waals surface area contributed by atoms with Gasteiger partial charge in [0, 0.05) is 30.2 Å². The van der Waals surface area contributed by atoms with E-state index < -0.39 is 17.7 Å². The minimum absolute atomic E-state index is 0.0984. The number of rotatable bonds is 0. The minimum Gasteiger partial charge on any atom is -0.490 e. The van der Waals surface area contributed by atoms with Crippen LogP contribution in [-0.4, -0.2) is 6.10 Å². The Morgan fingerprint density at radius 2 is 2.14 bits per heavy atom. The van der Waals surface area contributed by atoms with E-state index >= 15 is 0 Å². The van der Waals surface area contributed by atoms with Crippen molar-refractivity contribution < 1.29 is 13.5 Å². The highest BCUT2D eigenvalue weighted by Gasteiger charge is 2.26. The first kappa shape index (κ1) is 9.40. The van der Waals surface area contributed by atoms with Gasteiger partial charge in [-0.15, -0.1) is 0 Å². The summed E-state index contributed by atoms with van der Waals surface area (Å²) in [6.45, 7) is 1.83. The van der Waals surface area contributed by atoms with Crippen LogP contribution in [0.3, 0.4) is 0 Å². The Labute approximate surface area is 80.7 Å². The van der Waals surface area contributed by atoms with Crippen molar-refractivity contribution in [3.8, 4) is 5.75 Å². The van der Waals surface area contributed by atoms with Crippen LogP contribution in [0, 0.1) is 11.6 Å². The molecule has 0 aliphatic carbocycles. The molecule has 2 atom stereocenters. The summed E-state index contributed by atoms with van der Waals surface area (Å²) in [4.78, 5) is 0. The molecular formula is C10H11F2NO. The van der Waals surface area contributed by atoms with Gasteiger partial charge in [0.25, 0.3) is 0 Å². The molecule has 0 bridgehead atoms. The molecule has 76 valence electrons. The molecule has 1 aliphatic heterocycles. The molecule has 1 aromatic rings. The van der Waals surface area contributed by atoms with Crippen LogP contribution in [0.15, 0.2) is 12.1 Å². The molecule has 1 aromatic carbocycles. The summed E-state index contributed by atoms with van der Waals surface area (Å²) in [7, 11) is 0. The zero-order valence-electron chi connectivity index (χ0n) is 7.76. The van der Waals surface area contributed by atoms with E-state index in [0.717, 1.165) is 6.07 Å². The highest BCUT2D eigenvalue weighted by atomic mass is 19.1. The second kappa shape index (κ2) is 3.20. The fourth-order valence-electron chi connectivity index (χ4n) is 1.76. The quantitative estimate of drug-likeness (QED) is 0.694. The van der Waals surface area contributed by atoms with Crippen LogP contribution in [-0.2, 0) is 0 Å². The van der Waals surface area contributed by atoms with Gasteiger partial charge in [0.15, 0.2) is 0 Å². The van der Waals surface area contributed by atoms with Gasteiger partial charge in [-0.1, -0.05) is 0 Å². The molecule has 0 radical (unpaired) electrons. The number of ether oxygens (including phenoxy) is 1. The van der Waals surface area contributed by atoms with E-state index in [0.29, 0.717) is 6.42 Å². The van der Waals surface area contributed by atoms with Crippen molar-refractivity contribution in [2.24, 2.45) is 5.73 Å². The molecule has 0 amide bonds. The van der Waals surface area contributed by atoms with E-state index in [1.807, 2.05) is 6.92 Å². The van der Waals surface area contributed by atoms with Crippen LogP contribution in [0.2, 0.25) is 0 Å². The summed E-state index contributed by atoms with van der Waals surface area (Å²) >= 11 is 0. The van der Waals surface area contributed by atoms with Crippen LogP contribution >= 0.6 is 0 Å². The Kier molecular flexibility index (Phi) is 2.15. The molecule has 2 nitrogen and oxygen atoms in total. The molecule has 1 heterocycles. The minimum atomic E-state index is -0.637. The molecule has 1 aliphatic rings. The lowest BCUT2D eigenvalue weighted by molar-refractivity contribution is 0.173. The first-order valence-corrected chi connectivity index (χ1v) is 4.49. The van der Waals surface area contributed by atoms with Crippen molar-refractivity contribution in [2.45, 2.75) is 25.5 Å². The number of fused-ring (bicyclic) bond motifs is 1. The first-order chi connectivity index (χ1) is 6.58. The Bertz CT molecular complexity index is 367. The van der Waals surface area contributed by atoms with Crippen LogP contribution < -0.4 is 10.5 Å². The number of hydrogen-bond donors (Lipinski definition) is 1. The second-order valence-electron chi connectivity index (χ2n) is 3.57. The monoisotopic (exact) mass is 199 g/mol. The number of benzene rings is 1. The lowest BCUT2D eigenvalue weighted by Gasteiger charge is -2.28. The predicted octanol–water partition coefficient (Wildman–Crippen LogP) is 2.14. The van der Waals surface area contributed by atoms with E-state index in [4.69, 9.17) is 10.5 Å². The molecule has 2 rings (SSSR count). The fraction of sp³-hybridized carbons (Fsp3) is 0.400. The van der Waals surface area contributed by atoms with Gasteiger partial charge in [-0.25, -0.2) is 8.78 Å². The van der Waals surface area contributed by atoms with Crippen molar-refractivity contribution in [2.75, 3.05) is 0 Å². The zero-order chi connectivity index (χ0) is 10.3. The highest BCUT2D eigenvalue weighted by molar-refractivity contribution is 5.39. The predicted molar refractivity (Wildman–Crippen MR) is 48.0 cm³/mol. The van der Waals surface area contributed by atoms with E-state index in [1.165, 1.54) is 6.07 Å². The van der Waals surface area contributed by atoms with Crippen molar-refractivity contribution in [1.29, 1.82) is 0 Å². The normalized spacial score (nSPS) is 25.4. The summed E-state index contributed by atoms with van der Waals surface area (Å²) in [5.41, 5.74) is 6.03. The third-order valence-electron chi connectivity index (χ3n) is 2.34. The third-order valence-corrected chi connectivity index (χ3v) is 2.34. The average molecular weight is 199 g/mol. The van der Waals surface area contributed by atoms with Crippen molar-refractivity contribution in [3.63, 3.8) is 0 Å². The molecule has 14 heavy (non-hydrogen) atoms. The Balaban J connectivity index is 2.53. The molecule has 0 spiro atoms. The largest absolute Gasteiger partial charge is 0.490 e. The Hall–Kier alpha value is -1.16. The SMILES string of the molecule is CC1CC(N)c2c(F)cc(F)cc2O1. The van der Waals surface area contributed by atoms with Gasteiger partial charge in [-0.05, 0) is 6.92 Å². The summed E-state index contributed by atoms with van der Waals surface area (Å²) in [5.74, 6) is -1.03. The maximum Gasteiger partial charge on any atom is 0.134 e. The molecule has 0 fully saturated rings. The Morgan fingerprint density at radius 1 is 1.43 bits per heavy atom. The van der Waals surface area contributed by atoms with Crippen LogP contribution in [0.5, 0.6) is 5.75 Å². The molecule has 0 saturated heterocycles. The number of nitrogens with two attached hydrogens (primary N) is 1. The van der Waals surface area contributed by atoms with E-state index in [-0.39, 0.29) is 17.4 Å². The van der Waals surface area contributed by atoms with Gasteiger partial charge in [0.1, 0.15) is 17.4 Å². The summed E-state index contributed by atoms with van der Waals surface area (Å²) < 4.78 is 31.5. The van der Waals surface area contributed by atoms with Gasteiger partial charge in [-0.2, -0.15) is 0 Å². The topological polar surface area (TPSA) is 35.2 Å². The third kappa shape index (κ3) is 1.46. The average Bonchev–Trinajstić information content (AvgIpc) is 1.99. The highest BCUT2D eigenvalue weighted by Crippen LogP contribution is 2.35. The lowest BCUT2D eigenvalue weighted by Crippen LogP contribution is -2.28. The van der Waals surface area contributed by atoms with Gasteiger partial charge in [-0.3, -0.25) is 0 Å². The van der Waals surface area contributed by atoms with E-state index in [9.17, 15) is 8.78 Å². The van der Waals surface area contributed by atoms with Crippen molar-refractivity contribution >= 4 is 0 Å². The molecule has 0 aromatic heterocycles. The van der Waals surface area contributed by atoms with Gasteiger partial charge >= 0.3 is 0 Å². The lowest BCUT2D eigenvalue weighted by atomic mass is 9.97. The number of hydrogen-bond acceptors (Lipinski definition) is 2. The molecular weight excluding hydrogens is 188 g/mol. The zero-order valence-corrected chi connectivity index (χ0v) is 7.76.